The van der Waals surface area contributed by atoms with E-state index < -0.39 is 0 Å². The first-order chi connectivity index (χ1) is 9.70. The molecule has 1 unspecified atom stereocenters. The molecule has 20 heavy (non-hydrogen) atoms. The number of anilines is 1. The Morgan fingerprint density at radius 1 is 1.55 bits per heavy atom. The molecule has 2 aromatic rings. The van der Waals surface area contributed by atoms with Gasteiger partial charge in [-0.1, -0.05) is 0 Å². The lowest BCUT2D eigenvalue weighted by molar-refractivity contribution is -0.144. The molecule has 0 spiro atoms. The number of aryl methyl sites for hydroxylation is 1. The Hall–Kier alpha value is -1.69. The molecule has 0 N–H and O–H groups in total. The van der Waals surface area contributed by atoms with E-state index in [9.17, 15) is 4.79 Å². The van der Waals surface area contributed by atoms with E-state index in [2.05, 4.69) is 27.9 Å². The number of fused-ring (bicyclic) bond motifs is 1. The fourth-order valence-electron chi connectivity index (χ4n) is 2.70. The average Bonchev–Trinajstić information content (AvgIpc) is 3.03. The maximum Gasteiger partial charge on any atom is 0.328 e. The molecule has 2 aromatic heterocycles. The first kappa shape index (κ1) is 13.3. The van der Waals surface area contributed by atoms with Crippen LogP contribution in [-0.4, -0.2) is 35.1 Å². The average molecular weight is 291 g/mol. The summed E-state index contributed by atoms with van der Waals surface area (Å²) in [5, 5.41) is 1.03. The molecule has 1 aliphatic heterocycles. The highest BCUT2D eigenvalue weighted by Crippen LogP contribution is 2.33. The maximum absolute atomic E-state index is 12.1. The molecular formula is C14H17N3O2S. The summed E-state index contributed by atoms with van der Waals surface area (Å²) < 4.78 is 5.17. The standard InChI is InChI=1S/C14H17N3O2S/c1-3-19-14(18)11-5-4-6-17(11)12-10-7-9(2)20-13(10)16-8-15-12/h7-8,11H,3-6H2,1-2H3. The lowest BCUT2D eigenvalue weighted by Crippen LogP contribution is -2.38. The minimum atomic E-state index is -0.215. The Morgan fingerprint density at radius 2 is 2.40 bits per heavy atom. The molecule has 3 rings (SSSR count). The minimum Gasteiger partial charge on any atom is -0.464 e. The van der Waals surface area contributed by atoms with E-state index in [0.29, 0.717) is 6.61 Å². The molecule has 0 amide bonds. The highest BCUT2D eigenvalue weighted by molar-refractivity contribution is 7.18. The van der Waals surface area contributed by atoms with Crippen molar-refractivity contribution >= 4 is 33.3 Å². The first-order valence-corrected chi connectivity index (χ1v) is 7.66. The smallest absolute Gasteiger partial charge is 0.328 e. The van der Waals surface area contributed by atoms with Crippen molar-refractivity contribution in [1.29, 1.82) is 0 Å². The number of rotatable bonds is 3. The van der Waals surface area contributed by atoms with Crippen molar-refractivity contribution in [2.45, 2.75) is 32.7 Å². The normalized spacial score (nSPS) is 18.7. The van der Waals surface area contributed by atoms with E-state index >= 15 is 0 Å². The number of esters is 1. The number of carbonyl (C=O) groups excluding carboxylic acids is 1. The van der Waals surface area contributed by atoms with E-state index in [1.807, 2.05) is 6.92 Å². The molecule has 5 nitrogen and oxygen atoms in total. The molecule has 0 aliphatic carbocycles. The van der Waals surface area contributed by atoms with Crippen LogP contribution < -0.4 is 4.90 Å². The summed E-state index contributed by atoms with van der Waals surface area (Å²) in [6.45, 7) is 5.15. The SMILES string of the molecule is CCOC(=O)C1CCCN1c1ncnc2sc(C)cc12. The van der Waals surface area contributed by atoms with Gasteiger partial charge in [0.1, 0.15) is 23.0 Å². The van der Waals surface area contributed by atoms with Crippen LogP contribution in [0, 0.1) is 6.92 Å². The van der Waals surface area contributed by atoms with Crippen molar-refractivity contribution in [2.75, 3.05) is 18.1 Å². The Bertz CT molecular complexity index is 640. The summed E-state index contributed by atoms with van der Waals surface area (Å²) in [6.07, 6.45) is 3.39. The van der Waals surface area contributed by atoms with Crippen molar-refractivity contribution in [3.05, 3.63) is 17.3 Å². The van der Waals surface area contributed by atoms with Gasteiger partial charge in [0.15, 0.2) is 0 Å². The number of hydrogen-bond acceptors (Lipinski definition) is 6. The van der Waals surface area contributed by atoms with Crippen LogP contribution >= 0.6 is 11.3 Å². The molecule has 0 radical (unpaired) electrons. The summed E-state index contributed by atoms with van der Waals surface area (Å²) in [4.78, 5) is 25.0. The minimum absolute atomic E-state index is 0.149. The Morgan fingerprint density at radius 3 is 3.20 bits per heavy atom. The van der Waals surface area contributed by atoms with E-state index in [1.165, 1.54) is 4.88 Å². The molecule has 0 bridgehead atoms. The van der Waals surface area contributed by atoms with Crippen LogP contribution in [0.1, 0.15) is 24.6 Å². The lowest BCUT2D eigenvalue weighted by Gasteiger charge is -2.24. The fourth-order valence-corrected chi connectivity index (χ4v) is 3.54. The van der Waals surface area contributed by atoms with E-state index in [4.69, 9.17) is 4.74 Å². The zero-order valence-corrected chi connectivity index (χ0v) is 12.4. The van der Waals surface area contributed by atoms with E-state index in [1.54, 1.807) is 17.7 Å². The lowest BCUT2D eigenvalue weighted by atomic mass is 10.2. The summed E-state index contributed by atoms with van der Waals surface area (Å²) in [6, 6.07) is 1.88. The monoisotopic (exact) mass is 291 g/mol. The molecule has 106 valence electrons. The second-order valence-electron chi connectivity index (χ2n) is 4.88. The number of carbonyl (C=O) groups is 1. The predicted octanol–water partition coefficient (Wildman–Crippen LogP) is 2.53. The molecular weight excluding hydrogens is 274 g/mol. The van der Waals surface area contributed by atoms with Crippen LogP contribution in [0.4, 0.5) is 5.82 Å². The molecule has 3 heterocycles. The molecule has 1 atom stereocenters. The molecule has 0 saturated carbocycles. The van der Waals surface area contributed by atoms with Gasteiger partial charge in [-0.3, -0.25) is 0 Å². The highest BCUT2D eigenvalue weighted by Gasteiger charge is 2.33. The Balaban J connectivity index is 1.99. The number of hydrogen-bond donors (Lipinski definition) is 0. The summed E-state index contributed by atoms with van der Waals surface area (Å²) >= 11 is 1.65. The number of ether oxygens (including phenoxy) is 1. The molecule has 1 fully saturated rings. The van der Waals surface area contributed by atoms with Crippen molar-refractivity contribution in [2.24, 2.45) is 0 Å². The largest absolute Gasteiger partial charge is 0.464 e. The van der Waals surface area contributed by atoms with Gasteiger partial charge in [-0.15, -0.1) is 11.3 Å². The van der Waals surface area contributed by atoms with Crippen LogP contribution in [0.25, 0.3) is 10.2 Å². The zero-order chi connectivity index (χ0) is 14.1. The van der Waals surface area contributed by atoms with Gasteiger partial charge in [0.2, 0.25) is 0 Å². The van der Waals surface area contributed by atoms with Gasteiger partial charge in [0.25, 0.3) is 0 Å². The Kier molecular flexibility index (Phi) is 3.56. The van der Waals surface area contributed by atoms with Crippen LogP contribution in [0.3, 0.4) is 0 Å². The molecule has 6 heteroatoms. The van der Waals surface area contributed by atoms with Gasteiger partial charge in [-0.2, -0.15) is 0 Å². The van der Waals surface area contributed by atoms with Gasteiger partial charge in [0, 0.05) is 11.4 Å². The Labute approximate surface area is 121 Å². The van der Waals surface area contributed by atoms with Gasteiger partial charge in [-0.05, 0) is 32.8 Å². The maximum atomic E-state index is 12.1. The summed E-state index contributed by atoms with van der Waals surface area (Å²) in [5.41, 5.74) is 0. The summed E-state index contributed by atoms with van der Waals surface area (Å²) in [5.74, 6) is 0.707. The van der Waals surface area contributed by atoms with Crippen molar-refractivity contribution in [1.82, 2.24) is 9.97 Å². The molecule has 0 aromatic carbocycles. The second-order valence-corrected chi connectivity index (χ2v) is 6.11. The van der Waals surface area contributed by atoms with Crippen LogP contribution in [0.2, 0.25) is 0 Å². The second kappa shape index (κ2) is 5.36. The van der Waals surface area contributed by atoms with Crippen molar-refractivity contribution in [3.8, 4) is 0 Å². The van der Waals surface area contributed by atoms with E-state index in [0.717, 1.165) is 35.4 Å². The quantitative estimate of drug-likeness (QED) is 0.813. The number of aromatic nitrogens is 2. The molecule has 1 saturated heterocycles. The van der Waals surface area contributed by atoms with Gasteiger partial charge in [-0.25, -0.2) is 14.8 Å². The van der Waals surface area contributed by atoms with Crippen molar-refractivity contribution in [3.63, 3.8) is 0 Å². The first-order valence-electron chi connectivity index (χ1n) is 6.85. The van der Waals surface area contributed by atoms with Crippen LogP contribution in [-0.2, 0) is 9.53 Å². The van der Waals surface area contributed by atoms with Crippen molar-refractivity contribution < 1.29 is 9.53 Å². The predicted molar refractivity (Wildman–Crippen MR) is 79.2 cm³/mol. The third-order valence-electron chi connectivity index (χ3n) is 3.52. The topological polar surface area (TPSA) is 55.3 Å². The third kappa shape index (κ3) is 2.24. The molecule has 1 aliphatic rings. The summed E-state index contributed by atoms with van der Waals surface area (Å²) in [7, 11) is 0. The van der Waals surface area contributed by atoms with Crippen LogP contribution in [0.15, 0.2) is 12.4 Å². The number of thiophene rings is 1. The number of nitrogens with zero attached hydrogens (tertiary/aromatic N) is 3. The third-order valence-corrected chi connectivity index (χ3v) is 4.47. The fraction of sp³-hybridized carbons (Fsp3) is 0.500. The highest BCUT2D eigenvalue weighted by atomic mass is 32.1. The van der Waals surface area contributed by atoms with Crippen LogP contribution in [0.5, 0.6) is 0 Å². The zero-order valence-electron chi connectivity index (χ0n) is 11.6. The van der Waals surface area contributed by atoms with Gasteiger partial charge in [0.05, 0.1) is 12.0 Å². The van der Waals surface area contributed by atoms with E-state index in [-0.39, 0.29) is 12.0 Å². The van der Waals surface area contributed by atoms with Gasteiger partial charge < -0.3 is 9.64 Å². The van der Waals surface area contributed by atoms with Gasteiger partial charge >= 0.3 is 5.97 Å².